The highest BCUT2D eigenvalue weighted by atomic mass is 16.5. The number of carbonyl (C=O) groups is 1. The summed E-state index contributed by atoms with van der Waals surface area (Å²) >= 11 is 0. The number of carbonyl (C=O) groups excluding carboxylic acids is 1. The molecule has 2 heterocycles. The first-order chi connectivity index (χ1) is 11.7. The molecule has 0 aliphatic carbocycles. The molecule has 24 heavy (non-hydrogen) atoms. The van der Waals surface area contributed by atoms with Crippen molar-refractivity contribution in [2.75, 3.05) is 19.5 Å². The van der Waals surface area contributed by atoms with Crippen LogP contribution in [0, 0.1) is 0 Å². The predicted molar refractivity (Wildman–Crippen MR) is 86.7 cm³/mol. The Bertz CT molecular complexity index is 831. The van der Waals surface area contributed by atoms with Gasteiger partial charge in [-0.25, -0.2) is 4.98 Å². The number of aromatic nitrogens is 4. The van der Waals surface area contributed by atoms with E-state index in [-0.39, 0.29) is 11.6 Å². The fourth-order valence-electron chi connectivity index (χ4n) is 2.07. The lowest BCUT2D eigenvalue weighted by molar-refractivity contribution is 0.102. The first-order valence-corrected chi connectivity index (χ1v) is 7.06. The number of hydrogen-bond acceptors (Lipinski definition) is 6. The zero-order valence-corrected chi connectivity index (χ0v) is 13.1. The molecule has 0 saturated carbocycles. The third-order valence-electron chi connectivity index (χ3n) is 3.31. The third kappa shape index (κ3) is 3.17. The molecular weight excluding hydrogens is 310 g/mol. The Balaban J connectivity index is 1.77. The summed E-state index contributed by atoms with van der Waals surface area (Å²) in [7, 11) is 3.08. The van der Waals surface area contributed by atoms with Crippen molar-refractivity contribution < 1.29 is 14.3 Å². The van der Waals surface area contributed by atoms with Crippen LogP contribution >= 0.6 is 0 Å². The molecule has 1 aromatic carbocycles. The number of benzene rings is 1. The van der Waals surface area contributed by atoms with Crippen LogP contribution in [0.2, 0.25) is 0 Å². The van der Waals surface area contributed by atoms with Gasteiger partial charge in [0.2, 0.25) is 0 Å². The number of methoxy groups -OCH3 is 2. The van der Waals surface area contributed by atoms with Crippen molar-refractivity contribution in [1.82, 2.24) is 19.7 Å². The second kappa shape index (κ2) is 6.78. The summed E-state index contributed by atoms with van der Waals surface area (Å²) in [4.78, 5) is 16.3. The van der Waals surface area contributed by atoms with Gasteiger partial charge in [-0.2, -0.15) is 0 Å². The van der Waals surface area contributed by atoms with Crippen LogP contribution in [-0.2, 0) is 0 Å². The molecule has 2 aromatic heterocycles. The number of ether oxygens (including phenoxy) is 2. The molecule has 0 spiro atoms. The Labute approximate surface area is 138 Å². The maximum Gasteiger partial charge on any atom is 0.276 e. The van der Waals surface area contributed by atoms with Crippen LogP contribution in [0.4, 0.5) is 5.69 Å². The molecule has 0 fully saturated rings. The highest BCUT2D eigenvalue weighted by Crippen LogP contribution is 2.29. The van der Waals surface area contributed by atoms with Gasteiger partial charge in [-0.1, -0.05) is 0 Å². The highest BCUT2D eigenvalue weighted by molar-refractivity contribution is 6.03. The number of anilines is 1. The van der Waals surface area contributed by atoms with Crippen LogP contribution in [0.5, 0.6) is 11.5 Å². The van der Waals surface area contributed by atoms with Crippen molar-refractivity contribution in [3.63, 3.8) is 0 Å². The number of nitrogens with zero attached hydrogens (tertiary/aromatic N) is 4. The second-order valence-corrected chi connectivity index (χ2v) is 4.77. The number of rotatable bonds is 5. The monoisotopic (exact) mass is 325 g/mol. The average molecular weight is 325 g/mol. The molecule has 1 N–H and O–H groups in total. The van der Waals surface area contributed by atoms with Gasteiger partial charge in [0.05, 0.1) is 19.9 Å². The number of imidazole rings is 1. The van der Waals surface area contributed by atoms with Crippen LogP contribution in [0.1, 0.15) is 10.5 Å². The first-order valence-electron chi connectivity index (χ1n) is 7.06. The van der Waals surface area contributed by atoms with Crippen LogP contribution in [-0.4, -0.2) is 39.9 Å². The number of nitrogens with one attached hydrogen (secondary N) is 1. The molecule has 0 atom stereocenters. The summed E-state index contributed by atoms with van der Waals surface area (Å²) in [5.41, 5.74) is 0.709. The molecule has 0 bridgehead atoms. The van der Waals surface area contributed by atoms with Crippen molar-refractivity contribution in [2.45, 2.75) is 0 Å². The lowest BCUT2D eigenvalue weighted by atomic mass is 10.2. The molecule has 0 radical (unpaired) electrons. The zero-order chi connectivity index (χ0) is 16.9. The van der Waals surface area contributed by atoms with Crippen molar-refractivity contribution in [2.24, 2.45) is 0 Å². The Morgan fingerprint density at radius 2 is 2.00 bits per heavy atom. The van der Waals surface area contributed by atoms with Crippen LogP contribution in [0.15, 0.2) is 49.1 Å². The quantitative estimate of drug-likeness (QED) is 0.771. The minimum atomic E-state index is -0.386. The van der Waals surface area contributed by atoms with E-state index >= 15 is 0 Å². The van der Waals surface area contributed by atoms with E-state index < -0.39 is 0 Å². The van der Waals surface area contributed by atoms with Gasteiger partial charge in [0, 0.05) is 18.5 Å². The summed E-state index contributed by atoms with van der Waals surface area (Å²) in [5.74, 6) is 1.31. The lowest BCUT2D eigenvalue weighted by Crippen LogP contribution is -2.15. The number of hydrogen-bond donors (Lipinski definition) is 1. The Morgan fingerprint density at radius 1 is 1.12 bits per heavy atom. The minimum Gasteiger partial charge on any atom is -0.497 e. The summed E-state index contributed by atoms with van der Waals surface area (Å²) < 4.78 is 12.1. The van der Waals surface area contributed by atoms with Crippen molar-refractivity contribution in [3.05, 3.63) is 54.7 Å². The van der Waals surface area contributed by atoms with Crippen molar-refractivity contribution >= 4 is 11.6 Å². The zero-order valence-electron chi connectivity index (χ0n) is 13.1. The molecule has 0 aliphatic heterocycles. The Kier molecular flexibility index (Phi) is 4.37. The summed E-state index contributed by atoms with van der Waals surface area (Å²) in [6.07, 6.45) is 4.98. The van der Waals surface area contributed by atoms with Gasteiger partial charge in [-0.3, -0.25) is 9.36 Å². The SMILES string of the molecule is COc1ccc(NC(=O)c2ccc(-n3ccnc3)nn2)c(OC)c1. The average Bonchev–Trinajstić information content (AvgIpc) is 3.16. The normalized spacial score (nSPS) is 10.2. The summed E-state index contributed by atoms with van der Waals surface area (Å²) in [5, 5.41) is 10.7. The van der Waals surface area contributed by atoms with E-state index in [4.69, 9.17) is 9.47 Å². The topological polar surface area (TPSA) is 91.2 Å². The largest absolute Gasteiger partial charge is 0.497 e. The minimum absolute atomic E-state index is 0.191. The van der Waals surface area contributed by atoms with Gasteiger partial charge >= 0.3 is 0 Å². The fraction of sp³-hybridized carbons (Fsp3) is 0.125. The molecular formula is C16H15N5O3. The molecule has 0 aliphatic rings. The van der Waals surface area contributed by atoms with E-state index in [9.17, 15) is 4.79 Å². The molecule has 0 saturated heterocycles. The van der Waals surface area contributed by atoms with Gasteiger partial charge < -0.3 is 14.8 Å². The molecule has 1 amide bonds. The second-order valence-electron chi connectivity index (χ2n) is 4.77. The van der Waals surface area contributed by atoms with E-state index in [1.165, 1.54) is 7.11 Å². The molecule has 8 heteroatoms. The van der Waals surface area contributed by atoms with Crippen molar-refractivity contribution in [3.8, 4) is 17.3 Å². The Hall–Kier alpha value is -3.42. The van der Waals surface area contributed by atoms with E-state index in [2.05, 4.69) is 20.5 Å². The van der Waals surface area contributed by atoms with Gasteiger partial charge in [-0.15, -0.1) is 10.2 Å². The Morgan fingerprint density at radius 3 is 2.62 bits per heavy atom. The number of amides is 1. The van der Waals surface area contributed by atoms with Gasteiger partial charge in [-0.05, 0) is 24.3 Å². The standard InChI is InChI=1S/C16H15N5O3/c1-23-11-3-4-12(14(9-11)24-2)18-16(22)13-5-6-15(20-19-13)21-8-7-17-10-21/h3-10H,1-2H3,(H,18,22). The molecule has 3 rings (SSSR count). The van der Waals surface area contributed by atoms with Gasteiger partial charge in [0.15, 0.2) is 11.5 Å². The highest BCUT2D eigenvalue weighted by Gasteiger charge is 2.13. The van der Waals surface area contributed by atoms with Gasteiger partial charge in [0.25, 0.3) is 5.91 Å². The molecule has 0 unspecified atom stereocenters. The third-order valence-corrected chi connectivity index (χ3v) is 3.31. The maximum absolute atomic E-state index is 12.3. The van der Waals surface area contributed by atoms with E-state index in [0.717, 1.165) is 0 Å². The van der Waals surface area contributed by atoms with E-state index in [1.54, 1.807) is 60.7 Å². The summed E-state index contributed by atoms with van der Waals surface area (Å²) in [6.45, 7) is 0. The van der Waals surface area contributed by atoms with E-state index in [0.29, 0.717) is 23.0 Å². The van der Waals surface area contributed by atoms with E-state index in [1.807, 2.05) is 0 Å². The lowest BCUT2D eigenvalue weighted by Gasteiger charge is -2.11. The fourth-order valence-corrected chi connectivity index (χ4v) is 2.07. The summed E-state index contributed by atoms with van der Waals surface area (Å²) in [6, 6.07) is 8.39. The van der Waals surface area contributed by atoms with Crippen molar-refractivity contribution in [1.29, 1.82) is 0 Å². The molecule has 8 nitrogen and oxygen atoms in total. The molecule has 122 valence electrons. The van der Waals surface area contributed by atoms with Crippen LogP contribution in [0.25, 0.3) is 5.82 Å². The van der Waals surface area contributed by atoms with Crippen LogP contribution < -0.4 is 14.8 Å². The maximum atomic E-state index is 12.3. The van der Waals surface area contributed by atoms with Gasteiger partial charge in [0.1, 0.15) is 17.8 Å². The predicted octanol–water partition coefficient (Wildman–Crippen LogP) is 1.93. The first kappa shape index (κ1) is 15.5. The van der Waals surface area contributed by atoms with Crippen LogP contribution in [0.3, 0.4) is 0 Å². The molecule has 3 aromatic rings. The smallest absolute Gasteiger partial charge is 0.276 e.